The summed E-state index contributed by atoms with van der Waals surface area (Å²) in [5.41, 5.74) is 7.51. The molecule has 0 bridgehead atoms. The molecule has 0 spiro atoms. The first-order valence-corrected chi connectivity index (χ1v) is 6.95. The van der Waals surface area contributed by atoms with Crippen LogP contribution in [0.15, 0.2) is 36.4 Å². The van der Waals surface area contributed by atoms with Gasteiger partial charge in [0.2, 0.25) is 0 Å². The fourth-order valence-electron chi connectivity index (χ4n) is 1.70. The van der Waals surface area contributed by atoms with E-state index < -0.39 is 0 Å². The van der Waals surface area contributed by atoms with Crippen LogP contribution in [0.3, 0.4) is 0 Å². The van der Waals surface area contributed by atoms with Crippen LogP contribution in [0.25, 0.3) is 0 Å². The molecular weight excluding hydrogens is 311 g/mol. The van der Waals surface area contributed by atoms with E-state index in [1.807, 2.05) is 13.0 Å². The summed E-state index contributed by atoms with van der Waals surface area (Å²) in [4.78, 5) is 11.9. The number of hydrogen-bond donors (Lipinski definition) is 2. The average Bonchev–Trinajstić information content (AvgIpc) is 2.44. The molecule has 2 rings (SSSR count). The zero-order valence-electron chi connectivity index (χ0n) is 11.3. The Balaban J connectivity index is 1.99. The van der Waals surface area contributed by atoms with E-state index in [4.69, 9.17) is 33.7 Å². The van der Waals surface area contributed by atoms with E-state index in [1.54, 1.807) is 30.3 Å². The standard InChI is InChI=1S/C15H14Cl2N2O2/c1-9-2-3-10(16)6-14(9)21-8-15(20)19-13-7-11(18)4-5-12(13)17/h2-7H,8,18H2,1H3,(H,19,20). The lowest BCUT2D eigenvalue weighted by atomic mass is 10.2. The average molecular weight is 325 g/mol. The monoisotopic (exact) mass is 324 g/mol. The number of amides is 1. The van der Waals surface area contributed by atoms with Gasteiger partial charge in [-0.3, -0.25) is 4.79 Å². The topological polar surface area (TPSA) is 64.3 Å². The number of rotatable bonds is 4. The van der Waals surface area contributed by atoms with Crippen molar-refractivity contribution < 1.29 is 9.53 Å². The summed E-state index contributed by atoms with van der Waals surface area (Å²) >= 11 is 11.9. The summed E-state index contributed by atoms with van der Waals surface area (Å²) in [5.74, 6) is 0.234. The summed E-state index contributed by atoms with van der Waals surface area (Å²) in [6.07, 6.45) is 0. The zero-order chi connectivity index (χ0) is 15.4. The van der Waals surface area contributed by atoms with E-state index in [2.05, 4.69) is 5.32 Å². The van der Waals surface area contributed by atoms with E-state index >= 15 is 0 Å². The SMILES string of the molecule is Cc1ccc(Cl)cc1OCC(=O)Nc1cc(N)ccc1Cl. The minimum atomic E-state index is -0.332. The Kier molecular flexibility index (Phi) is 4.94. The molecule has 0 unspecified atom stereocenters. The Hall–Kier alpha value is -1.91. The highest BCUT2D eigenvalue weighted by molar-refractivity contribution is 6.33. The minimum absolute atomic E-state index is 0.147. The number of nitrogens with two attached hydrogens (primary N) is 1. The van der Waals surface area contributed by atoms with Gasteiger partial charge in [0.05, 0.1) is 10.7 Å². The third kappa shape index (κ3) is 4.28. The second-order valence-electron chi connectivity index (χ2n) is 4.49. The number of halogens is 2. The quantitative estimate of drug-likeness (QED) is 0.838. The van der Waals surface area contributed by atoms with E-state index in [1.165, 1.54) is 0 Å². The number of carbonyl (C=O) groups excluding carboxylic acids is 1. The Morgan fingerprint density at radius 3 is 2.76 bits per heavy atom. The van der Waals surface area contributed by atoms with Gasteiger partial charge in [0.25, 0.3) is 5.91 Å². The van der Waals surface area contributed by atoms with Gasteiger partial charge in [0.1, 0.15) is 5.75 Å². The van der Waals surface area contributed by atoms with Crippen LogP contribution < -0.4 is 15.8 Å². The van der Waals surface area contributed by atoms with E-state index in [9.17, 15) is 4.79 Å². The molecule has 2 aromatic carbocycles. The molecule has 110 valence electrons. The van der Waals surface area contributed by atoms with Crippen LogP contribution in [0.5, 0.6) is 5.75 Å². The first-order valence-electron chi connectivity index (χ1n) is 6.19. The molecule has 0 saturated carbocycles. The molecule has 4 nitrogen and oxygen atoms in total. The predicted molar refractivity (Wildman–Crippen MR) is 86.2 cm³/mol. The molecule has 0 fully saturated rings. The van der Waals surface area contributed by atoms with Crippen molar-refractivity contribution in [3.05, 3.63) is 52.0 Å². The van der Waals surface area contributed by atoms with Crippen molar-refractivity contribution in [3.63, 3.8) is 0 Å². The Bertz CT molecular complexity index is 675. The zero-order valence-corrected chi connectivity index (χ0v) is 12.8. The summed E-state index contributed by atoms with van der Waals surface area (Å²) in [6, 6.07) is 10.1. The second-order valence-corrected chi connectivity index (χ2v) is 5.33. The van der Waals surface area contributed by atoms with E-state index in [0.29, 0.717) is 27.2 Å². The lowest BCUT2D eigenvalue weighted by Gasteiger charge is -2.11. The highest BCUT2D eigenvalue weighted by atomic mass is 35.5. The summed E-state index contributed by atoms with van der Waals surface area (Å²) in [6.45, 7) is 1.73. The highest BCUT2D eigenvalue weighted by Gasteiger charge is 2.08. The molecule has 0 aliphatic carbocycles. The van der Waals surface area contributed by atoms with Crippen molar-refractivity contribution in [2.45, 2.75) is 6.92 Å². The van der Waals surface area contributed by atoms with Crippen LogP contribution in [0.1, 0.15) is 5.56 Å². The molecule has 0 aromatic heterocycles. The van der Waals surface area contributed by atoms with Crippen molar-refractivity contribution in [3.8, 4) is 5.75 Å². The number of benzene rings is 2. The maximum Gasteiger partial charge on any atom is 0.262 e. The van der Waals surface area contributed by atoms with Crippen molar-refractivity contribution in [1.82, 2.24) is 0 Å². The molecule has 0 aliphatic heterocycles. The van der Waals surface area contributed by atoms with Crippen LogP contribution in [0.2, 0.25) is 10.0 Å². The van der Waals surface area contributed by atoms with Crippen molar-refractivity contribution in [2.75, 3.05) is 17.7 Å². The fraction of sp³-hybridized carbons (Fsp3) is 0.133. The first kappa shape index (κ1) is 15.5. The molecule has 3 N–H and O–H groups in total. The third-order valence-corrected chi connectivity index (χ3v) is 3.34. The summed E-state index contributed by atoms with van der Waals surface area (Å²) < 4.78 is 5.45. The number of nitrogen functional groups attached to an aromatic ring is 1. The third-order valence-electron chi connectivity index (χ3n) is 2.77. The number of hydrogen-bond acceptors (Lipinski definition) is 3. The number of carbonyl (C=O) groups is 1. The summed E-state index contributed by atoms with van der Waals surface area (Å²) in [7, 11) is 0. The molecule has 0 saturated heterocycles. The molecule has 0 aliphatic rings. The van der Waals surface area contributed by atoms with Gasteiger partial charge < -0.3 is 15.8 Å². The van der Waals surface area contributed by atoms with Crippen LogP contribution >= 0.6 is 23.2 Å². The van der Waals surface area contributed by atoms with Gasteiger partial charge in [-0.2, -0.15) is 0 Å². The molecule has 0 heterocycles. The van der Waals surface area contributed by atoms with Gasteiger partial charge in [0.15, 0.2) is 6.61 Å². The molecule has 6 heteroatoms. The largest absolute Gasteiger partial charge is 0.483 e. The van der Waals surface area contributed by atoms with Crippen LogP contribution in [-0.2, 0) is 4.79 Å². The van der Waals surface area contributed by atoms with Gasteiger partial charge in [-0.05, 0) is 42.8 Å². The number of aryl methyl sites for hydroxylation is 1. The molecule has 1 amide bonds. The maximum atomic E-state index is 11.9. The number of ether oxygens (including phenoxy) is 1. The van der Waals surface area contributed by atoms with Gasteiger partial charge in [-0.1, -0.05) is 29.3 Å². The Labute approximate surface area is 132 Å². The number of nitrogens with one attached hydrogen (secondary N) is 1. The fourth-order valence-corrected chi connectivity index (χ4v) is 2.02. The van der Waals surface area contributed by atoms with Gasteiger partial charge in [0, 0.05) is 10.7 Å². The van der Waals surface area contributed by atoms with Crippen LogP contribution in [0, 0.1) is 6.92 Å². The highest BCUT2D eigenvalue weighted by Crippen LogP contribution is 2.25. The smallest absolute Gasteiger partial charge is 0.262 e. The van der Waals surface area contributed by atoms with Gasteiger partial charge in [-0.15, -0.1) is 0 Å². The van der Waals surface area contributed by atoms with Crippen molar-refractivity contribution in [1.29, 1.82) is 0 Å². The molecule has 21 heavy (non-hydrogen) atoms. The molecule has 0 radical (unpaired) electrons. The molecular formula is C15H14Cl2N2O2. The minimum Gasteiger partial charge on any atom is -0.483 e. The lowest BCUT2D eigenvalue weighted by Crippen LogP contribution is -2.20. The first-order chi connectivity index (χ1) is 9.95. The molecule has 2 aromatic rings. The van der Waals surface area contributed by atoms with Crippen LogP contribution in [0.4, 0.5) is 11.4 Å². The Morgan fingerprint density at radius 1 is 1.24 bits per heavy atom. The lowest BCUT2D eigenvalue weighted by molar-refractivity contribution is -0.118. The van der Waals surface area contributed by atoms with E-state index in [-0.39, 0.29) is 12.5 Å². The maximum absolute atomic E-state index is 11.9. The molecule has 0 atom stereocenters. The second kappa shape index (κ2) is 6.70. The predicted octanol–water partition coefficient (Wildman–Crippen LogP) is 3.90. The number of anilines is 2. The Morgan fingerprint density at radius 2 is 2.00 bits per heavy atom. The van der Waals surface area contributed by atoms with Crippen molar-refractivity contribution >= 4 is 40.5 Å². The van der Waals surface area contributed by atoms with Crippen molar-refractivity contribution in [2.24, 2.45) is 0 Å². The van der Waals surface area contributed by atoms with Crippen LogP contribution in [-0.4, -0.2) is 12.5 Å². The normalized spacial score (nSPS) is 10.2. The summed E-state index contributed by atoms with van der Waals surface area (Å²) in [5, 5.41) is 3.61. The van der Waals surface area contributed by atoms with Gasteiger partial charge >= 0.3 is 0 Å². The van der Waals surface area contributed by atoms with E-state index in [0.717, 1.165) is 5.56 Å². The van der Waals surface area contributed by atoms with Gasteiger partial charge in [-0.25, -0.2) is 0 Å².